The van der Waals surface area contributed by atoms with Gasteiger partial charge in [-0.1, -0.05) is 36.4 Å². The highest BCUT2D eigenvalue weighted by Crippen LogP contribution is 2.19. The summed E-state index contributed by atoms with van der Waals surface area (Å²) in [5.41, 5.74) is 1.05. The lowest BCUT2D eigenvalue weighted by molar-refractivity contribution is -0.728. The Labute approximate surface area is 101 Å². The maximum Gasteiger partial charge on any atom is 0.251 e. The summed E-state index contributed by atoms with van der Waals surface area (Å²) in [6, 6.07) is 9.31. The third-order valence-corrected chi connectivity index (χ3v) is 2.39. The average Bonchev–Trinajstić information content (AvgIpc) is 2.35. The fraction of sp³-hybridized carbons (Fsp3) is 0.308. The van der Waals surface area contributed by atoms with Crippen LogP contribution in [0.3, 0.4) is 0 Å². The fourth-order valence-electron chi connectivity index (χ4n) is 1.46. The van der Waals surface area contributed by atoms with Crippen LogP contribution in [0.2, 0.25) is 0 Å². The van der Waals surface area contributed by atoms with Crippen LogP contribution < -0.4 is 0 Å². The van der Waals surface area contributed by atoms with E-state index in [9.17, 15) is 5.21 Å². The lowest BCUT2D eigenvalue weighted by Crippen LogP contribution is -2.21. The van der Waals surface area contributed by atoms with Crippen molar-refractivity contribution in [3.05, 3.63) is 53.8 Å². The van der Waals surface area contributed by atoms with Gasteiger partial charge in [0.05, 0.1) is 6.61 Å². The van der Waals surface area contributed by atoms with Crippen molar-refractivity contribution in [2.45, 2.75) is 19.4 Å². The highest BCUT2D eigenvalue weighted by molar-refractivity contribution is 5.83. The van der Waals surface area contributed by atoms with E-state index in [4.69, 9.17) is 9.94 Å². The van der Waals surface area contributed by atoms with Crippen molar-refractivity contribution in [2.24, 2.45) is 0 Å². The Morgan fingerprint density at radius 1 is 1.53 bits per heavy atom. The zero-order valence-corrected chi connectivity index (χ0v) is 9.87. The zero-order chi connectivity index (χ0) is 12.7. The fourth-order valence-corrected chi connectivity index (χ4v) is 1.46. The van der Waals surface area contributed by atoms with Crippen LogP contribution in [0, 0.1) is 5.21 Å². The van der Waals surface area contributed by atoms with Gasteiger partial charge in [0.15, 0.2) is 6.10 Å². The van der Waals surface area contributed by atoms with Gasteiger partial charge < -0.3 is 9.94 Å². The summed E-state index contributed by atoms with van der Waals surface area (Å²) in [6.07, 6.45) is 1.91. The van der Waals surface area contributed by atoms with E-state index >= 15 is 0 Å². The molecule has 4 heteroatoms. The molecule has 1 aromatic rings. The third kappa shape index (κ3) is 3.92. The van der Waals surface area contributed by atoms with E-state index in [2.05, 4.69) is 6.58 Å². The molecular weight excluding hydrogens is 218 g/mol. The Hall–Kier alpha value is -1.81. The van der Waals surface area contributed by atoms with Gasteiger partial charge in [-0.3, -0.25) is 5.21 Å². The largest absolute Gasteiger partial charge is 0.418 e. The quantitative estimate of drug-likeness (QED) is 0.206. The van der Waals surface area contributed by atoms with Gasteiger partial charge in [0.25, 0.3) is 5.71 Å². The van der Waals surface area contributed by atoms with E-state index in [1.807, 2.05) is 30.3 Å². The van der Waals surface area contributed by atoms with Crippen LogP contribution in [0.15, 0.2) is 43.0 Å². The number of hydrogen-bond acceptors (Lipinski definition) is 3. The van der Waals surface area contributed by atoms with Crippen molar-refractivity contribution in [3.8, 4) is 0 Å². The third-order valence-electron chi connectivity index (χ3n) is 2.39. The summed E-state index contributed by atoms with van der Waals surface area (Å²) in [5.74, 6) is 0. The van der Waals surface area contributed by atoms with Gasteiger partial charge in [-0.15, -0.1) is 6.58 Å². The minimum Gasteiger partial charge on any atom is -0.418 e. The molecule has 0 aliphatic rings. The van der Waals surface area contributed by atoms with Crippen molar-refractivity contribution >= 4 is 5.71 Å². The van der Waals surface area contributed by atoms with Crippen LogP contribution in [0.4, 0.5) is 0 Å². The maximum absolute atomic E-state index is 10.9. The lowest BCUT2D eigenvalue weighted by atomic mass is 10.1. The topological polar surface area (TPSA) is 55.5 Å². The van der Waals surface area contributed by atoms with Gasteiger partial charge in [0, 0.05) is 11.8 Å². The number of rotatable bonds is 6. The van der Waals surface area contributed by atoms with E-state index in [1.165, 1.54) is 0 Å². The number of nitrogens with zero attached hydrogens (tertiary/aromatic N) is 1. The van der Waals surface area contributed by atoms with Crippen molar-refractivity contribution < 1.29 is 14.8 Å². The highest BCUT2D eigenvalue weighted by atomic mass is 16.8. The normalized spacial score (nSPS) is 13.9. The highest BCUT2D eigenvalue weighted by Gasteiger charge is 2.22. The molecule has 92 valence electrons. The van der Waals surface area contributed by atoms with Crippen LogP contribution in [0.1, 0.15) is 25.0 Å². The van der Waals surface area contributed by atoms with Gasteiger partial charge in [0.2, 0.25) is 0 Å². The van der Waals surface area contributed by atoms with Crippen LogP contribution in [-0.4, -0.2) is 22.4 Å². The van der Waals surface area contributed by atoms with E-state index in [1.54, 1.807) is 13.0 Å². The second kappa shape index (κ2) is 6.70. The predicted octanol–water partition coefficient (Wildman–Crippen LogP) is 2.68. The number of hydrogen-bond donors (Lipinski definition) is 1. The molecule has 0 saturated carbocycles. The van der Waals surface area contributed by atoms with Crippen molar-refractivity contribution in [1.29, 1.82) is 0 Å². The van der Waals surface area contributed by atoms with E-state index in [0.29, 0.717) is 13.0 Å². The van der Waals surface area contributed by atoms with Crippen LogP contribution >= 0.6 is 0 Å². The molecule has 17 heavy (non-hydrogen) atoms. The molecule has 1 atom stereocenters. The monoisotopic (exact) mass is 235 g/mol. The Balaban J connectivity index is 2.87. The number of benzene rings is 1. The minimum absolute atomic E-state index is 0.147. The molecule has 0 heterocycles. The smallest absolute Gasteiger partial charge is 0.251 e. The van der Waals surface area contributed by atoms with Crippen molar-refractivity contribution in [2.75, 3.05) is 6.61 Å². The van der Waals surface area contributed by atoms with Gasteiger partial charge in [-0.05, 0) is 12.0 Å². The summed E-state index contributed by atoms with van der Waals surface area (Å²) >= 11 is 0. The Morgan fingerprint density at radius 2 is 2.18 bits per heavy atom. The van der Waals surface area contributed by atoms with Crippen LogP contribution in [0.25, 0.3) is 0 Å². The molecule has 0 fully saturated rings. The molecule has 0 spiro atoms. The molecule has 0 bridgehead atoms. The Kier molecular flexibility index (Phi) is 5.23. The van der Waals surface area contributed by atoms with Crippen molar-refractivity contribution in [3.63, 3.8) is 0 Å². The maximum atomic E-state index is 10.9. The molecule has 0 aliphatic carbocycles. The van der Waals surface area contributed by atoms with E-state index < -0.39 is 6.10 Å². The average molecular weight is 235 g/mol. The second-order valence-corrected chi connectivity index (χ2v) is 3.65. The van der Waals surface area contributed by atoms with Gasteiger partial charge in [-0.25, -0.2) is 0 Å². The molecule has 1 N–H and O–H groups in total. The Bertz CT molecular complexity index is 383. The first-order valence-electron chi connectivity index (χ1n) is 5.44. The van der Waals surface area contributed by atoms with Gasteiger partial charge in [-0.2, -0.15) is 0 Å². The van der Waals surface area contributed by atoms with Crippen LogP contribution in [-0.2, 0) is 4.74 Å². The SMILES string of the molecule is C=CCCOC(/C(C)=[N+](/[O-])O)c1ccccc1. The summed E-state index contributed by atoms with van der Waals surface area (Å²) in [6.45, 7) is 5.59. The summed E-state index contributed by atoms with van der Waals surface area (Å²) < 4.78 is 5.58. The molecule has 4 nitrogen and oxygen atoms in total. The second-order valence-electron chi connectivity index (χ2n) is 3.65. The minimum atomic E-state index is -0.529. The molecule has 0 saturated heterocycles. The zero-order valence-electron chi connectivity index (χ0n) is 9.87. The molecule has 1 rings (SSSR count). The Morgan fingerprint density at radius 3 is 2.71 bits per heavy atom. The molecule has 0 aromatic heterocycles. The lowest BCUT2D eigenvalue weighted by Gasteiger charge is -2.14. The molecular formula is C13H17NO3. The van der Waals surface area contributed by atoms with E-state index in [0.717, 1.165) is 5.56 Å². The predicted molar refractivity (Wildman–Crippen MR) is 66.0 cm³/mol. The summed E-state index contributed by atoms with van der Waals surface area (Å²) in [7, 11) is 0. The van der Waals surface area contributed by atoms with Gasteiger partial charge >= 0.3 is 0 Å². The standard InChI is InChI=1S/C13H17NO3/c1-3-4-10-17-13(11(2)14(15)16)12-8-6-5-7-9-12/h3,5-9,13H,1,4,10H2,2H3,(H,15,16). The van der Waals surface area contributed by atoms with Gasteiger partial charge in [0.1, 0.15) is 0 Å². The molecule has 1 unspecified atom stereocenters. The number of ether oxygens (including phenoxy) is 1. The first-order chi connectivity index (χ1) is 8.16. The molecule has 0 aliphatic heterocycles. The first kappa shape index (κ1) is 13.3. The molecule has 1 aromatic carbocycles. The summed E-state index contributed by atoms with van der Waals surface area (Å²) in [4.78, 5) is -0.147. The molecule has 0 amide bonds. The van der Waals surface area contributed by atoms with Crippen LogP contribution in [0.5, 0.6) is 0 Å². The van der Waals surface area contributed by atoms with E-state index in [-0.39, 0.29) is 10.6 Å². The first-order valence-corrected chi connectivity index (χ1v) is 5.44. The van der Waals surface area contributed by atoms with Crippen molar-refractivity contribution in [1.82, 2.24) is 0 Å². The summed E-state index contributed by atoms with van der Waals surface area (Å²) in [5, 5.41) is 19.9. The molecule has 0 radical (unpaired) electrons.